The van der Waals surface area contributed by atoms with Gasteiger partial charge in [-0.3, -0.25) is 0 Å². The normalized spacial score (nSPS) is 22.3. The van der Waals surface area contributed by atoms with Crippen LogP contribution in [0.1, 0.15) is 31.8 Å². The van der Waals surface area contributed by atoms with Crippen LogP contribution in [-0.2, 0) is 4.74 Å². The summed E-state index contributed by atoms with van der Waals surface area (Å²) >= 11 is 8.02. The lowest BCUT2D eigenvalue weighted by Gasteiger charge is -2.41. The summed E-state index contributed by atoms with van der Waals surface area (Å²) in [5.41, 5.74) is 7.09. The van der Waals surface area contributed by atoms with Crippen molar-refractivity contribution in [1.82, 2.24) is 19.9 Å². The molecule has 11 heteroatoms. The first-order valence-electron chi connectivity index (χ1n) is 11.6. The standard InChI is InChI=1S/C24H28ClN7O2S/c1-15-21(26)24(14-34-15)6-10-32(11-7-24)18-12-30-19(13-29-18)35-17-5-2-4-16(20(17)25)31-23(33)22-27-8-3-9-28-22/h2-5,8-9,12-13,15,21,23,31,33H,6-7,10-11,14,26H2,1H3/t15-,21+,23?/m0/s1. The Morgan fingerprint density at radius 3 is 2.60 bits per heavy atom. The first kappa shape index (κ1) is 24.2. The molecule has 35 heavy (non-hydrogen) atoms. The summed E-state index contributed by atoms with van der Waals surface area (Å²) in [6, 6.07) is 7.33. The molecule has 184 valence electrons. The van der Waals surface area contributed by atoms with Crippen LogP contribution in [-0.4, -0.2) is 56.9 Å². The SMILES string of the molecule is C[C@@H]1OCC2(CCN(c3cnc(Sc4cccc(NC(O)c5ncccn5)c4Cl)cn3)CC2)[C@@H]1N. The van der Waals surface area contributed by atoms with Crippen LogP contribution in [0, 0.1) is 5.41 Å². The molecule has 0 radical (unpaired) electrons. The number of aromatic nitrogens is 4. The Balaban J connectivity index is 1.22. The van der Waals surface area contributed by atoms with Crippen molar-refractivity contribution in [2.24, 2.45) is 11.1 Å². The number of ether oxygens (including phenoxy) is 1. The Labute approximate surface area is 213 Å². The fraction of sp³-hybridized carbons (Fsp3) is 0.417. The Bertz CT molecular complexity index is 1150. The first-order valence-corrected chi connectivity index (χ1v) is 12.8. The minimum absolute atomic E-state index is 0.0785. The molecule has 1 aromatic carbocycles. The Morgan fingerprint density at radius 2 is 1.94 bits per heavy atom. The highest BCUT2D eigenvalue weighted by molar-refractivity contribution is 7.99. The third-order valence-electron chi connectivity index (χ3n) is 6.84. The van der Waals surface area contributed by atoms with Gasteiger partial charge in [0.2, 0.25) is 0 Å². The van der Waals surface area contributed by atoms with E-state index < -0.39 is 6.23 Å². The average molecular weight is 514 g/mol. The number of aliphatic hydroxyl groups is 1. The zero-order valence-corrected chi connectivity index (χ0v) is 20.9. The van der Waals surface area contributed by atoms with Gasteiger partial charge in [-0.2, -0.15) is 0 Å². The smallest absolute Gasteiger partial charge is 0.186 e. The summed E-state index contributed by atoms with van der Waals surface area (Å²) in [6.45, 7) is 4.58. The summed E-state index contributed by atoms with van der Waals surface area (Å²) < 4.78 is 5.82. The maximum absolute atomic E-state index is 10.4. The number of nitrogens with zero attached hydrogens (tertiary/aromatic N) is 5. The lowest BCUT2D eigenvalue weighted by Crippen LogP contribution is -2.50. The highest BCUT2D eigenvalue weighted by Crippen LogP contribution is 2.42. The fourth-order valence-corrected chi connectivity index (χ4v) is 5.74. The second-order valence-corrected chi connectivity index (χ2v) is 10.4. The fourth-order valence-electron chi connectivity index (χ4n) is 4.66. The summed E-state index contributed by atoms with van der Waals surface area (Å²) in [5.74, 6) is 1.13. The van der Waals surface area contributed by atoms with E-state index in [1.54, 1.807) is 36.9 Å². The van der Waals surface area contributed by atoms with Crippen molar-refractivity contribution in [3.8, 4) is 0 Å². The molecule has 0 amide bonds. The van der Waals surface area contributed by atoms with Gasteiger partial charge in [0.25, 0.3) is 0 Å². The van der Waals surface area contributed by atoms with Gasteiger partial charge in [0, 0.05) is 41.8 Å². The molecule has 0 aliphatic carbocycles. The van der Waals surface area contributed by atoms with Gasteiger partial charge in [0.05, 0.1) is 35.8 Å². The van der Waals surface area contributed by atoms with Crippen molar-refractivity contribution in [3.05, 3.63) is 59.9 Å². The van der Waals surface area contributed by atoms with Crippen LogP contribution in [0.3, 0.4) is 0 Å². The van der Waals surface area contributed by atoms with E-state index in [1.165, 1.54) is 11.8 Å². The quantitative estimate of drug-likeness (QED) is 0.422. The van der Waals surface area contributed by atoms with Crippen molar-refractivity contribution in [2.75, 3.05) is 29.9 Å². The van der Waals surface area contributed by atoms with Gasteiger partial charge in [-0.1, -0.05) is 29.4 Å². The predicted octanol–water partition coefficient (Wildman–Crippen LogP) is 3.51. The molecule has 9 nitrogen and oxygen atoms in total. The van der Waals surface area contributed by atoms with Crippen LogP contribution >= 0.6 is 23.4 Å². The van der Waals surface area contributed by atoms with Crippen molar-refractivity contribution in [1.29, 1.82) is 0 Å². The zero-order chi connectivity index (χ0) is 24.4. The summed E-state index contributed by atoms with van der Waals surface area (Å²) in [6.07, 6.45) is 7.74. The molecule has 2 aromatic heterocycles. The van der Waals surface area contributed by atoms with Crippen molar-refractivity contribution in [2.45, 2.75) is 48.1 Å². The topological polar surface area (TPSA) is 122 Å². The Kier molecular flexibility index (Phi) is 7.08. The van der Waals surface area contributed by atoms with Gasteiger partial charge in [0.1, 0.15) is 10.8 Å². The number of aliphatic hydroxyl groups excluding tert-OH is 1. The molecule has 1 spiro atoms. The molecule has 5 rings (SSSR count). The number of piperidine rings is 1. The lowest BCUT2D eigenvalue weighted by molar-refractivity contribution is 0.0974. The molecule has 0 saturated carbocycles. The number of halogens is 1. The van der Waals surface area contributed by atoms with E-state index in [-0.39, 0.29) is 23.4 Å². The number of hydrogen-bond acceptors (Lipinski definition) is 10. The average Bonchev–Trinajstić information content (AvgIpc) is 3.16. The van der Waals surface area contributed by atoms with E-state index in [4.69, 9.17) is 22.1 Å². The molecule has 4 N–H and O–H groups in total. The molecule has 2 fully saturated rings. The van der Waals surface area contributed by atoms with Crippen molar-refractivity contribution >= 4 is 34.9 Å². The zero-order valence-electron chi connectivity index (χ0n) is 19.3. The molecule has 4 heterocycles. The first-order chi connectivity index (χ1) is 16.9. The second-order valence-electron chi connectivity index (χ2n) is 8.98. The molecular weight excluding hydrogens is 486 g/mol. The van der Waals surface area contributed by atoms with Crippen LogP contribution in [0.5, 0.6) is 0 Å². The van der Waals surface area contributed by atoms with E-state index in [1.807, 2.05) is 12.1 Å². The maximum Gasteiger partial charge on any atom is 0.186 e. The highest BCUT2D eigenvalue weighted by Gasteiger charge is 2.47. The van der Waals surface area contributed by atoms with Crippen LogP contribution in [0.25, 0.3) is 0 Å². The van der Waals surface area contributed by atoms with E-state index in [0.717, 1.165) is 48.3 Å². The summed E-state index contributed by atoms with van der Waals surface area (Å²) in [5, 5.41) is 14.5. The van der Waals surface area contributed by atoms with Crippen molar-refractivity contribution < 1.29 is 9.84 Å². The Morgan fingerprint density at radius 1 is 1.17 bits per heavy atom. The number of benzene rings is 1. The third-order valence-corrected chi connectivity index (χ3v) is 8.34. The minimum Gasteiger partial charge on any atom is -0.376 e. The number of rotatable bonds is 6. The van der Waals surface area contributed by atoms with E-state index in [0.29, 0.717) is 10.7 Å². The van der Waals surface area contributed by atoms with Crippen LogP contribution in [0.15, 0.2) is 59.0 Å². The third kappa shape index (κ3) is 5.07. The molecule has 2 aliphatic heterocycles. The van der Waals surface area contributed by atoms with Gasteiger partial charge in [-0.05, 0) is 38.0 Å². The van der Waals surface area contributed by atoms with Gasteiger partial charge in [-0.25, -0.2) is 19.9 Å². The Hall–Kier alpha value is -2.50. The van der Waals surface area contributed by atoms with Crippen molar-refractivity contribution in [3.63, 3.8) is 0 Å². The molecule has 3 aromatic rings. The second kappa shape index (κ2) is 10.2. The minimum atomic E-state index is -1.08. The lowest BCUT2D eigenvalue weighted by atomic mass is 9.73. The van der Waals surface area contributed by atoms with Crippen LogP contribution in [0.2, 0.25) is 5.02 Å². The molecule has 0 bridgehead atoms. The number of nitrogens with one attached hydrogen (secondary N) is 1. The number of nitrogens with two attached hydrogens (primary N) is 1. The highest BCUT2D eigenvalue weighted by atomic mass is 35.5. The molecule has 2 saturated heterocycles. The van der Waals surface area contributed by atoms with E-state index >= 15 is 0 Å². The molecule has 2 aliphatic rings. The molecule has 1 unspecified atom stereocenters. The maximum atomic E-state index is 10.4. The van der Waals surface area contributed by atoms with Gasteiger partial charge in [0.15, 0.2) is 12.1 Å². The van der Waals surface area contributed by atoms with Gasteiger partial charge >= 0.3 is 0 Å². The monoisotopic (exact) mass is 513 g/mol. The number of anilines is 2. The number of hydrogen-bond donors (Lipinski definition) is 3. The molecule has 3 atom stereocenters. The van der Waals surface area contributed by atoms with Gasteiger partial charge < -0.3 is 25.8 Å². The van der Waals surface area contributed by atoms with Gasteiger partial charge in [-0.15, -0.1) is 0 Å². The van der Waals surface area contributed by atoms with Crippen LogP contribution < -0.4 is 16.0 Å². The van der Waals surface area contributed by atoms with E-state index in [2.05, 4.69) is 37.1 Å². The van der Waals surface area contributed by atoms with Crippen LogP contribution in [0.4, 0.5) is 11.5 Å². The predicted molar refractivity (Wildman–Crippen MR) is 135 cm³/mol. The summed E-state index contributed by atoms with van der Waals surface area (Å²) in [7, 11) is 0. The summed E-state index contributed by atoms with van der Waals surface area (Å²) in [4.78, 5) is 20.4. The molecular formula is C24H28ClN7O2S. The van der Waals surface area contributed by atoms with E-state index in [9.17, 15) is 5.11 Å². The largest absolute Gasteiger partial charge is 0.376 e.